The van der Waals surface area contributed by atoms with Crippen LogP contribution in [0.15, 0.2) is 18.3 Å². The first-order valence-corrected chi connectivity index (χ1v) is 9.83. The Labute approximate surface area is 154 Å². The minimum atomic E-state index is -3.55. The van der Waals surface area contributed by atoms with Gasteiger partial charge in [0.2, 0.25) is 0 Å². The molecular weight excluding hydrogens is 359 g/mol. The van der Waals surface area contributed by atoms with Gasteiger partial charge < -0.3 is 13.8 Å². The summed E-state index contributed by atoms with van der Waals surface area (Å²) in [5, 5.41) is 0. The summed E-state index contributed by atoms with van der Waals surface area (Å²) in [7, 11) is -1.13. The maximum absolute atomic E-state index is 12.7. The average molecular weight is 386 g/mol. The SMILES string of the molecule is COP(=O)(CC(=O)C(C)N(C(=O)OC(C)(C)C)c1ccc(C)nc1)OC. The van der Waals surface area contributed by atoms with Gasteiger partial charge in [-0.15, -0.1) is 0 Å². The third-order valence-electron chi connectivity index (χ3n) is 3.52. The number of amides is 1. The number of ether oxygens (including phenoxy) is 1. The van der Waals surface area contributed by atoms with Gasteiger partial charge in [-0.3, -0.25) is 19.2 Å². The zero-order valence-corrected chi connectivity index (χ0v) is 17.2. The molecule has 1 amide bonds. The second-order valence-corrected chi connectivity index (χ2v) is 9.05. The van der Waals surface area contributed by atoms with Crippen molar-refractivity contribution in [2.24, 2.45) is 0 Å². The summed E-state index contributed by atoms with van der Waals surface area (Å²) in [6.07, 6.45) is 0.323. The van der Waals surface area contributed by atoms with E-state index in [1.807, 2.05) is 6.92 Å². The summed E-state index contributed by atoms with van der Waals surface area (Å²) < 4.78 is 27.3. The molecule has 26 heavy (non-hydrogen) atoms. The fraction of sp³-hybridized carbons (Fsp3) is 0.588. The Morgan fingerprint density at radius 2 is 1.81 bits per heavy atom. The minimum absolute atomic E-state index is 0.398. The van der Waals surface area contributed by atoms with E-state index in [2.05, 4.69) is 4.98 Å². The third kappa shape index (κ3) is 6.20. The van der Waals surface area contributed by atoms with Gasteiger partial charge >= 0.3 is 13.7 Å². The number of carbonyl (C=O) groups is 2. The second-order valence-electron chi connectivity index (χ2n) is 6.78. The standard InChI is InChI=1S/C17H27N2O6P/c1-12-8-9-14(10-18-12)19(16(21)25-17(3,4)5)13(2)15(20)11-26(22,23-6)24-7/h8-10,13H,11H2,1-7H3. The summed E-state index contributed by atoms with van der Waals surface area (Å²) >= 11 is 0. The number of ketones is 1. The van der Waals surface area contributed by atoms with Crippen LogP contribution in [0.1, 0.15) is 33.4 Å². The molecule has 0 spiro atoms. The van der Waals surface area contributed by atoms with Gasteiger partial charge in [0, 0.05) is 19.9 Å². The molecule has 0 fully saturated rings. The Balaban J connectivity index is 3.18. The van der Waals surface area contributed by atoms with Crippen molar-refractivity contribution in [1.82, 2.24) is 4.98 Å². The first kappa shape index (κ1) is 22.3. The molecule has 146 valence electrons. The molecule has 0 saturated carbocycles. The van der Waals surface area contributed by atoms with Crippen LogP contribution in [0.4, 0.5) is 10.5 Å². The normalized spacial score (nSPS) is 13.2. The molecule has 1 atom stereocenters. The van der Waals surface area contributed by atoms with Crippen LogP contribution in [0.25, 0.3) is 0 Å². The van der Waals surface area contributed by atoms with E-state index < -0.39 is 37.3 Å². The van der Waals surface area contributed by atoms with Crippen molar-refractivity contribution in [3.63, 3.8) is 0 Å². The van der Waals surface area contributed by atoms with E-state index in [-0.39, 0.29) is 0 Å². The van der Waals surface area contributed by atoms with Crippen molar-refractivity contribution in [3.8, 4) is 0 Å². The molecule has 1 aromatic rings. The highest BCUT2D eigenvalue weighted by Gasteiger charge is 2.35. The number of Topliss-reactive ketones (excluding diaryl/α,β-unsaturated/α-hetero) is 1. The molecular formula is C17H27N2O6P. The fourth-order valence-electron chi connectivity index (χ4n) is 2.07. The van der Waals surface area contributed by atoms with Crippen LogP contribution in [0.2, 0.25) is 0 Å². The van der Waals surface area contributed by atoms with Crippen molar-refractivity contribution < 1.29 is 27.9 Å². The van der Waals surface area contributed by atoms with E-state index in [9.17, 15) is 14.2 Å². The molecule has 9 heteroatoms. The lowest BCUT2D eigenvalue weighted by molar-refractivity contribution is -0.117. The molecule has 0 aliphatic carbocycles. The lowest BCUT2D eigenvalue weighted by atomic mass is 10.1. The Morgan fingerprint density at radius 3 is 2.23 bits per heavy atom. The predicted octanol–water partition coefficient (Wildman–Crippen LogP) is 3.58. The molecule has 0 N–H and O–H groups in total. The van der Waals surface area contributed by atoms with Gasteiger partial charge in [-0.05, 0) is 46.8 Å². The van der Waals surface area contributed by atoms with Crippen LogP contribution in [0.5, 0.6) is 0 Å². The first-order chi connectivity index (χ1) is 11.9. The maximum atomic E-state index is 12.7. The van der Waals surface area contributed by atoms with Gasteiger partial charge in [0.05, 0.1) is 17.9 Å². The fourth-order valence-corrected chi connectivity index (χ4v) is 3.12. The summed E-state index contributed by atoms with van der Waals surface area (Å²) in [5.74, 6) is -0.483. The van der Waals surface area contributed by atoms with Crippen LogP contribution in [0.3, 0.4) is 0 Å². The number of carbonyl (C=O) groups excluding carboxylic acids is 2. The van der Waals surface area contributed by atoms with E-state index in [4.69, 9.17) is 13.8 Å². The van der Waals surface area contributed by atoms with Crippen LogP contribution < -0.4 is 4.90 Å². The smallest absolute Gasteiger partial charge is 0.415 e. The van der Waals surface area contributed by atoms with Gasteiger partial charge in [-0.2, -0.15) is 0 Å². The highest BCUT2D eigenvalue weighted by Crippen LogP contribution is 2.46. The number of anilines is 1. The number of rotatable bonds is 7. The number of pyridine rings is 1. The van der Waals surface area contributed by atoms with Gasteiger partial charge in [0.15, 0.2) is 5.78 Å². The van der Waals surface area contributed by atoms with E-state index >= 15 is 0 Å². The Kier molecular flexibility index (Phi) is 7.50. The predicted molar refractivity (Wildman–Crippen MR) is 98.6 cm³/mol. The minimum Gasteiger partial charge on any atom is -0.443 e. The number of nitrogens with zero attached hydrogens (tertiary/aromatic N) is 2. The topological polar surface area (TPSA) is 95.0 Å². The summed E-state index contributed by atoms with van der Waals surface area (Å²) in [5.41, 5.74) is 0.417. The molecule has 1 rings (SSSR count). The highest BCUT2D eigenvalue weighted by atomic mass is 31.2. The van der Waals surface area contributed by atoms with Gasteiger partial charge in [0.1, 0.15) is 11.8 Å². The van der Waals surface area contributed by atoms with Crippen molar-refractivity contribution in [1.29, 1.82) is 0 Å². The lowest BCUT2D eigenvalue weighted by Gasteiger charge is -2.31. The summed E-state index contributed by atoms with van der Waals surface area (Å²) in [6.45, 7) is 8.53. The van der Waals surface area contributed by atoms with Gasteiger partial charge in [-0.1, -0.05) is 0 Å². The molecule has 1 heterocycles. The number of hydrogen-bond donors (Lipinski definition) is 0. The van der Waals surface area contributed by atoms with E-state index in [1.165, 1.54) is 32.2 Å². The Bertz CT molecular complexity index is 675. The summed E-state index contributed by atoms with van der Waals surface area (Å²) in [6, 6.07) is 2.44. The maximum Gasteiger partial charge on any atom is 0.415 e. The van der Waals surface area contributed by atoms with E-state index in [0.717, 1.165) is 5.69 Å². The second kappa shape index (κ2) is 8.75. The molecule has 0 aromatic carbocycles. The van der Waals surface area contributed by atoms with Crippen LogP contribution in [-0.2, 0) is 23.1 Å². The summed E-state index contributed by atoms with van der Waals surface area (Å²) in [4.78, 5) is 30.7. The lowest BCUT2D eigenvalue weighted by Crippen LogP contribution is -2.47. The number of hydrogen-bond acceptors (Lipinski definition) is 7. The van der Waals surface area contributed by atoms with Crippen molar-refractivity contribution in [3.05, 3.63) is 24.0 Å². The zero-order chi connectivity index (χ0) is 20.1. The molecule has 1 unspecified atom stereocenters. The van der Waals surface area contributed by atoms with Crippen LogP contribution in [0, 0.1) is 6.92 Å². The molecule has 0 radical (unpaired) electrons. The van der Waals surface area contributed by atoms with Crippen molar-refractivity contribution in [2.45, 2.75) is 46.3 Å². The highest BCUT2D eigenvalue weighted by molar-refractivity contribution is 7.54. The quantitative estimate of drug-likeness (QED) is 0.661. The van der Waals surface area contributed by atoms with E-state index in [0.29, 0.717) is 5.69 Å². The van der Waals surface area contributed by atoms with Crippen LogP contribution >= 0.6 is 7.60 Å². The Morgan fingerprint density at radius 1 is 1.23 bits per heavy atom. The first-order valence-electron chi connectivity index (χ1n) is 8.10. The molecule has 0 aliphatic rings. The number of aryl methyl sites for hydroxylation is 1. The van der Waals surface area contributed by atoms with Crippen LogP contribution in [-0.4, -0.2) is 48.9 Å². The molecule has 0 bridgehead atoms. The molecule has 0 aliphatic heterocycles. The molecule has 0 saturated heterocycles. The van der Waals surface area contributed by atoms with E-state index in [1.54, 1.807) is 32.9 Å². The average Bonchev–Trinajstić information content (AvgIpc) is 2.54. The van der Waals surface area contributed by atoms with Crippen molar-refractivity contribution >= 4 is 25.2 Å². The number of aromatic nitrogens is 1. The zero-order valence-electron chi connectivity index (χ0n) is 16.3. The van der Waals surface area contributed by atoms with Gasteiger partial charge in [0.25, 0.3) is 0 Å². The third-order valence-corrected chi connectivity index (χ3v) is 5.33. The molecule has 1 aromatic heterocycles. The Hall–Kier alpha value is -1.76. The largest absolute Gasteiger partial charge is 0.443 e. The van der Waals surface area contributed by atoms with Crippen molar-refractivity contribution in [2.75, 3.05) is 25.3 Å². The molecule has 8 nitrogen and oxygen atoms in total. The van der Waals surface area contributed by atoms with Gasteiger partial charge in [-0.25, -0.2) is 4.79 Å². The monoisotopic (exact) mass is 386 g/mol.